The Balaban J connectivity index is 1.52. The Bertz CT molecular complexity index is 1470. The molecule has 0 radical (unpaired) electrons. The maximum atomic E-state index is 13.7. The van der Waals surface area contributed by atoms with Crippen molar-refractivity contribution in [2.24, 2.45) is 0 Å². The van der Waals surface area contributed by atoms with Crippen LogP contribution in [0.2, 0.25) is 0 Å². The van der Waals surface area contributed by atoms with Gasteiger partial charge in [-0.2, -0.15) is 5.10 Å². The van der Waals surface area contributed by atoms with Crippen LogP contribution in [0.1, 0.15) is 60.3 Å². The van der Waals surface area contributed by atoms with Gasteiger partial charge in [-0.25, -0.2) is 9.67 Å². The van der Waals surface area contributed by atoms with E-state index in [1.54, 1.807) is 4.40 Å². The Labute approximate surface area is 208 Å². The summed E-state index contributed by atoms with van der Waals surface area (Å²) in [5.74, 6) is -0.0410. The van der Waals surface area contributed by atoms with Gasteiger partial charge in [-0.3, -0.25) is 14.0 Å². The van der Waals surface area contributed by atoms with Crippen LogP contribution in [0.15, 0.2) is 34.4 Å². The molecular formula is C27H31N5O2S. The number of carbonyl (C=O) groups is 1. The highest BCUT2D eigenvalue weighted by molar-refractivity contribution is 7.15. The molecule has 1 saturated carbocycles. The molecule has 7 nitrogen and oxygen atoms in total. The molecule has 182 valence electrons. The number of hydrogen-bond acceptors (Lipinski definition) is 5. The Morgan fingerprint density at radius 1 is 1.11 bits per heavy atom. The van der Waals surface area contributed by atoms with Gasteiger partial charge >= 0.3 is 0 Å². The van der Waals surface area contributed by atoms with Crippen LogP contribution in [0.25, 0.3) is 21.9 Å². The first-order chi connectivity index (χ1) is 16.8. The van der Waals surface area contributed by atoms with E-state index in [0.29, 0.717) is 27.6 Å². The number of benzene rings is 1. The van der Waals surface area contributed by atoms with Crippen molar-refractivity contribution < 1.29 is 4.79 Å². The lowest BCUT2D eigenvalue weighted by Crippen LogP contribution is -2.37. The first-order valence-corrected chi connectivity index (χ1v) is 13.1. The summed E-state index contributed by atoms with van der Waals surface area (Å²) in [4.78, 5) is 31.8. The highest BCUT2D eigenvalue weighted by atomic mass is 32.1. The van der Waals surface area contributed by atoms with Crippen molar-refractivity contribution in [1.29, 1.82) is 0 Å². The number of thiazole rings is 1. The lowest BCUT2D eigenvalue weighted by Gasteiger charge is -2.22. The summed E-state index contributed by atoms with van der Waals surface area (Å²) in [6.07, 6.45) is 5.78. The van der Waals surface area contributed by atoms with Crippen LogP contribution in [0.5, 0.6) is 0 Å². The van der Waals surface area contributed by atoms with E-state index in [2.05, 4.69) is 37.4 Å². The zero-order chi connectivity index (χ0) is 24.7. The maximum Gasteiger partial charge on any atom is 0.268 e. The van der Waals surface area contributed by atoms with E-state index in [0.717, 1.165) is 48.2 Å². The average molecular weight is 490 g/mol. The number of nitrogens with one attached hydrogen (secondary N) is 1. The van der Waals surface area contributed by atoms with Crippen LogP contribution < -0.4 is 10.9 Å². The van der Waals surface area contributed by atoms with E-state index in [1.165, 1.54) is 17.8 Å². The lowest BCUT2D eigenvalue weighted by molar-refractivity contribution is -0.121. The normalized spacial score (nSPS) is 14.5. The molecule has 0 aliphatic heterocycles. The van der Waals surface area contributed by atoms with Crippen molar-refractivity contribution in [3.8, 4) is 16.9 Å². The predicted molar refractivity (Wildman–Crippen MR) is 140 cm³/mol. The van der Waals surface area contributed by atoms with Gasteiger partial charge in [0, 0.05) is 22.8 Å². The molecule has 0 unspecified atom stereocenters. The van der Waals surface area contributed by atoms with Gasteiger partial charge in [0.25, 0.3) is 5.56 Å². The van der Waals surface area contributed by atoms with Crippen LogP contribution in [-0.2, 0) is 11.2 Å². The molecule has 0 saturated heterocycles. The van der Waals surface area contributed by atoms with Crippen LogP contribution in [0.3, 0.4) is 0 Å². The molecule has 0 bridgehead atoms. The number of aromatic nitrogens is 4. The third-order valence-corrected chi connectivity index (χ3v) is 7.74. The molecule has 1 aromatic carbocycles. The lowest BCUT2D eigenvalue weighted by atomic mass is 9.95. The molecule has 3 aromatic heterocycles. The van der Waals surface area contributed by atoms with Gasteiger partial charge in [0.2, 0.25) is 5.91 Å². The average Bonchev–Trinajstić information content (AvgIpc) is 3.39. The van der Waals surface area contributed by atoms with Crippen LogP contribution in [0, 0.1) is 27.7 Å². The summed E-state index contributed by atoms with van der Waals surface area (Å²) in [5, 5.41) is 9.84. The number of rotatable bonds is 5. The SMILES string of the molecule is Cc1ccc(C)c(-n2nc(-c3c(C)nc4scc(CC(=O)NC5CCCCC5)n4c3=O)cc2C)c1. The second kappa shape index (κ2) is 9.41. The minimum atomic E-state index is -0.181. The molecular weight excluding hydrogens is 458 g/mol. The molecule has 1 aliphatic carbocycles. The molecule has 5 rings (SSSR count). The Morgan fingerprint density at radius 3 is 2.66 bits per heavy atom. The quantitative estimate of drug-likeness (QED) is 0.435. The highest BCUT2D eigenvalue weighted by Crippen LogP contribution is 2.25. The fourth-order valence-corrected chi connectivity index (χ4v) is 5.93. The summed E-state index contributed by atoms with van der Waals surface area (Å²) in [6, 6.07) is 8.43. The summed E-state index contributed by atoms with van der Waals surface area (Å²) in [5.41, 5.74) is 6.39. The van der Waals surface area contributed by atoms with Gasteiger partial charge in [0.1, 0.15) is 5.69 Å². The molecule has 3 heterocycles. The Morgan fingerprint density at radius 2 is 1.89 bits per heavy atom. The third kappa shape index (κ3) is 4.55. The first kappa shape index (κ1) is 23.5. The van der Waals surface area contributed by atoms with Crippen molar-refractivity contribution in [3.05, 3.63) is 68.2 Å². The molecule has 1 aliphatic rings. The van der Waals surface area contributed by atoms with Crippen molar-refractivity contribution in [1.82, 2.24) is 24.5 Å². The summed E-state index contributed by atoms with van der Waals surface area (Å²) in [7, 11) is 0. The Hall–Kier alpha value is -3.26. The Kier molecular flexibility index (Phi) is 6.32. The van der Waals surface area contributed by atoms with Crippen LogP contribution in [-0.4, -0.2) is 31.1 Å². The van der Waals surface area contributed by atoms with Gasteiger partial charge in [-0.1, -0.05) is 31.4 Å². The monoisotopic (exact) mass is 489 g/mol. The molecule has 0 atom stereocenters. The fraction of sp³-hybridized carbons (Fsp3) is 0.407. The molecule has 8 heteroatoms. The minimum Gasteiger partial charge on any atom is -0.353 e. The number of amides is 1. The van der Waals surface area contributed by atoms with E-state index in [-0.39, 0.29) is 23.9 Å². The van der Waals surface area contributed by atoms with Crippen molar-refractivity contribution in [3.63, 3.8) is 0 Å². The number of hydrogen-bond donors (Lipinski definition) is 1. The first-order valence-electron chi connectivity index (χ1n) is 12.3. The number of nitrogens with zero attached hydrogens (tertiary/aromatic N) is 4. The van der Waals surface area contributed by atoms with E-state index in [9.17, 15) is 9.59 Å². The van der Waals surface area contributed by atoms with E-state index >= 15 is 0 Å². The summed E-state index contributed by atoms with van der Waals surface area (Å²) >= 11 is 1.39. The number of carbonyl (C=O) groups excluding carboxylic acids is 1. The van der Waals surface area contributed by atoms with Crippen molar-refractivity contribution in [2.75, 3.05) is 0 Å². The topological polar surface area (TPSA) is 81.3 Å². The maximum absolute atomic E-state index is 13.7. The second-order valence-corrected chi connectivity index (χ2v) is 10.5. The van der Waals surface area contributed by atoms with Gasteiger partial charge in [-0.15, -0.1) is 11.3 Å². The van der Waals surface area contributed by atoms with Crippen LogP contribution >= 0.6 is 11.3 Å². The summed E-state index contributed by atoms with van der Waals surface area (Å²) < 4.78 is 3.47. The molecule has 35 heavy (non-hydrogen) atoms. The largest absolute Gasteiger partial charge is 0.353 e. The minimum absolute atomic E-state index is 0.0410. The smallest absolute Gasteiger partial charge is 0.268 e. The van der Waals surface area contributed by atoms with Gasteiger partial charge < -0.3 is 5.32 Å². The van der Waals surface area contributed by atoms with E-state index < -0.39 is 0 Å². The zero-order valence-corrected chi connectivity index (χ0v) is 21.5. The predicted octanol–water partition coefficient (Wildman–Crippen LogP) is 4.83. The summed E-state index contributed by atoms with van der Waals surface area (Å²) in [6.45, 7) is 7.94. The molecule has 1 amide bonds. The van der Waals surface area contributed by atoms with Gasteiger partial charge in [0.05, 0.1) is 23.4 Å². The molecule has 1 N–H and O–H groups in total. The van der Waals surface area contributed by atoms with Gasteiger partial charge in [0.15, 0.2) is 4.96 Å². The highest BCUT2D eigenvalue weighted by Gasteiger charge is 2.21. The van der Waals surface area contributed by atoms with Gasteiger partial charge in [-0.05, 0) is 63.8 Å². The van der Waals surface area contributed by atoms with Crippen LogP contribution in [0.4, 0.5) is 0 Å². The van der Waals surface area contributed by atoms with E-state index in [4.69, 9.17) is 10.1 Å². The van der Waals surface area contributed by atoms with Crippen molar-refractivity contribution in [2.45, 2.75) is 72.3 Å². The number of fused-ring (bicyclic) bond motifs is 1. The molecule has 1 fully saturated rings. The third-order valence-electron chi connectivity index (χ3n) is 6.87. The molecule has 4 aromatic rings. The van der Waals surface area contributed by atoms with E-state index in [1.807, 2.05) is 30.0 Å². The van der Waals surface area contributed by atoms with Crippen molar-refractivity contribution >= 4 is 22.2 Å². The molecule has 0 spiro atoms. The fourth-order valence-electron chi connectivity index (χ4n) is 5.00. The zero-order valence-electron chi connectivity index (χ0n) is 20.7. The number of aryl methyl sites for hydroxylation is 4. The second-order valence-electron chi connectivity index (χ2n) is 9.67. The standard InChI is InChI=1S/C27H31N5O2S/c1-16-10-11-17(2)23(12-16)32-18(3)13-22(30-32)25-19(4)28-27-31(26(25)34)21(15-35-27)14-24(33)29-20-8-6-5-7-9-20/h10-13,15,20H,5-9,14H2,1-4H3,(H,29,33).